The first kappa shape index (κ1) is 12.8. The SMILES string of the molecule is OCC1(Nc2cc(Cl)nnc2Cl)CCOCC1. The average molecular weight is 278 g/mol. The Bertz CT molecular complexity index is 397. The van der Waals surface area contributed by atoms with Crippen LogP contribution in [0.2, 0.25) is 10.3 Å². The fourth-order valence-corrected chi connectivity index (χ4v) is 2.10. The van der Waals surface area contributed by atoms with E-state index in [9.17, 15) is 5.11 Å². The minimum atomic E-state index is -0.422. The lowest BCUT2D eigenvalue weighted by molar-refractivity contribution is 0.0380. The van der Waals surface area contributed by atoms with E-state index in [-0.39, 0.29) is 16.9 Å². The van der Waals surface area contributed by atoms with Crippen molar-refractivity contribution in [1.29, 1.82) is 0 Å². The lowest BCUT2D eigenvalue weighted by Gasteiger charge is -2.37. The molecule has 1 aliphatic heterocycles. The van der Waals surface area contributed by atoms with E-state index in [4.69, 9.17) is 27.9 Å². The molecule has 0 saturated carbocycles. The van der Waals surface area contributed by atoms with Gasteiger partial charge < -0.3 is 15.2 Å². The van der Waals surface area contributed by atoms with Crippen LogP contribution in [-0.2, 0) is 4.74 Å². The van der Waals surface area contributed by atoms with Crippen LogP contribution in [0.5, 0.6) is 0 Å². The zero-order valence-corrected chi connectivity index (χ0v) is 10.6. The quantitative estimate of drug-likeness (QED) is 0.881. The van der Waals surface area contributed by atoms with Gasteiger partial charge in [-0.3, -0.25) is 0 Å². The number of rotatable bonds is 3. The highest BCUT2D eigenvalue weighted by Crippen LogP contribution is 2.29. The van der Waals surface area contributed by atoms with E-state index in [1.54, 1.807) is 6.07 Å². The van der Waals surface area contributed by atoms with Gasteiger partial charge >= 0.3 is 0 Å². The number of aromatic nitrogens is 2. The molecule has 0 unspecified atom stereocenters. The zero-order valence-electron chi connectivity index (χ0n) is 9.12. The molecule has 0 amide bonds. The maximum Gasteiger partial charge on any atom is 0.174 e. The molecule has 0 bridgehead atoms. The molecule has 7 heteroatoms. The van der Waals surface area contributed by atoms with E-state index >= 15 is 0 Å². The molecule has 1 aliphatic rings. The van der Waals surface area contributed by atoms with Crippen molar-refractivity contribution in [2.45, 2.75) is 18.4 Å². The molecular weight excluding hydrogens is 265 g/mol. The van der Waals surface area contributed by atoms with Crippen molar-refractivity contribution in [3.05, 3.63) is 16.4 Å². The summed E-state index contributed by atoms with van der Waals surface area (Å²) in [4.78, 5) is 0. The van der Waals surface area contributed by atoms with Gasteiger partial charge in [0, 0.05) is 19.3 Å². The molecular formula is C10H13Cl2N3O2. The van der Waals surface area contributed by atoms with Crippen molar-refractivity contribution >= 4 is 28.9 Å². The summed E-state index contributed by atoms with van der Waals surface area (Å²) >= 11 is 11.7. The fraction of sp³-hybridized carbons (Fsp3) is 0.600. The molecule has 2 heterocycles. The largest absolute Gasteiger partial charge is 0.394 e. The summed E-state index contributed by atoms with van der Waals surface area (Å²) in [5, 5.41) is 20.6. The molecule has 0 spiro atoms. The molecule has 0 atom stereocenters. The van der Waals surface area contributed by atoms with Gasteiger partial charge in [0.1, 0.15) is 0 Å². The van der Waals surface area contributed by atoms with Crippen molar-refractivity contribution < 1.29 is 9.84 Å². The van der Waals surface area contributed by atoms with Gasteiger partial charge in [0.05, 0.1) is 17.8 Å². The smallest absolute Gasteiger partial charge is 0.174 e. The van der Waals surface area contributed by atoms with E-state index in [2.05, 4.69) is 15.5 Å². The number of nitrogens with zero attached hydrogens (tertiary/aromatic N) is 2. The van der Waals surface area contributed by atoms with Gasteiger partial charge in [-0.15, -0.1) is 10.2 Å². The van der Waals surface area contributed by atoms with Crippen LogP contribution in [0.4, 0.5) is 5.69 Å². The number of ether oxygens (including phenoxy) is 1. The van der Waals surface area contributed by atoms with Gasteiger partial charge in [-0.05, 0) is 12.8 Å². The van der Waals surface area contributed by atoms with Crippen molar-refractivity contribution in [2.24, 2.45) is 0 Å². The molecule has 1 aromatic rings. The minimum absolute atomic E-state index is 0.00658. The Balaban J connectivity index is 2.20. The Morgan fingerprint density at radius 3 is 2.71 bits per heavy atom. The normalized spacial score (nSPS) is 19.0. The standard InChI is InChI=1S/C10H13Cl2N3O2/c11-8-5-7(9(12)15-14-8)13-10(6-16)1-3-17-4-2-10/h5,16H,1-4,6H2,(H,13,14). The molecule has 0 aliphatic carbocycles. The van der Waals surface area contributed by atoms with Crippen LogP contribution in [0.3, 0.4) is 0 Å². The van der Waals surface area contributed by atoms with Crippen molar-refractivity contribution in [1.82, 2.24) is 10.2 Å². The molecule has 1 fully saturated rings. The third-order valence-electron chi connectivity index (χ3n) is 2.87. The highest BCUT2D eigenvalue weighted by molar-refractivity contribution is 6.33. The third kappa shape index (κ3) is 2.98. The second-order valence-corrected chi connectivity index (χ2v) is 4.79. The molecule has 17 heavy (non-hydrogen) atoms. The van der Waals surface area contributed by atoms with Crippen molar-refractivity contribution in [3.63, 3.8) is 0 Å². The Morgan fingerprint density at radius 2 is 2.06 bits per heavy atom. The van der Waals surface area contributed by atoms with Crippen LogP contribution >= 0.6 is 23.2 Å². The first-order valence-electron chi connectivity index (χ1n) is 5.31. The van der Waals surface area contributed by atoms with Crippen LogP contribution in [0, 0.1) is 0 Å². The molecule has 1 aromatic heterocycles. The average Bonchev–Trinajstić information content (AvgIpc) is 2.35. The van der Waals surface area contributed by atoms with Crippen LogP contribution in [0.15, 0.2) is 6.07 Å². The summed E-state index contributed by atoms with van der Waals surface area (Å²) < 4.78 is 5.28. The van der Waals surface area contributed by atoms with Gasteiger partial charge in [-0.1, -0.05) is 23.2 Å². The first-order chi connectivity index (χ1) is 8.15. The predicted octanol–water partition coefficient (Wildman–Crippen LogP) is 1.74. The maximum atomic E-state index is 9.53. The highest BCUT2D eigenvalue weighted by atomic mass is 35.5. The Morgan fingerprint density at radius 1 is 1.35 bits per heavy atom. The number of anilines is 1. The molecule has 5 nitrogen and oxygen atoms in total. The van der Waals surface area contributed by atoms with E-state index < -0.39 is 5.54 Å². The third-order valence-corrected chi connectivity index (χ3v) is 3.34. The number of nitrogens with one attached hydrogen (secondary N) is 1. The number of halogens is 2. The van der Waals surface area contributed by atoms with Gasteiger partial charge in [0.25, 0.3) is 0 Å². The Hall–Kier alpha value is -0.620. The van der Waals surface area contributed by atoms with E-state index in [0.29, 0.717) is 31.7 Å². The summed E-state index contributed by atoms with van der Waals surface area (Å²) in [6.45, 7) is 1.22. The molecule has 94 valence electrons. The second-order valence-electron chi connectivity index (χ2n) is 4.05. The zero-order chi connectivity index (χ0) is 12.3. The Kier molecular flexibility index (Phi) is 4.04. The number of aliphatic hydroxyl groups excluding tert-OH is 1. The van der Waals surface area contributed by atoms with E-state index in [0.717, 1.165) is 0 Å². The second kappa shape index (κ2) is 5.35. The van der Waals surface area contributed by atoms with Crippen LogP contribution in [0.25, 0.3) is 0 Å². The lowest BCUT2D eigenvalue weighted by Crippen LogP contribution is -2.47. The van der Waals surface area contributed by atoms with Gasteiger partial charge in [0.2, 0.25) is 0 Å². The minimum Gasteiger partial charge on any atom is -0.394 e. The van der Waals surface area contributed by atoms with Gasteiger partial charge in [-0.25, -0.2) is 0 Å². The number of hydrogen-bond donors (Lipinski definition) is 2. The summed E-state index contributed by atoms with van der Waals surface area (Å²) in [5.74, 6) is 0. The predicted molar refractivity (Wildman–Crippen MR) is 65.5 cm³/mol. The molecule has 1 saturated heterocycles. The Labute approximate surface area is 109 Å². The van der Waals surface area contributed by atoms with E-state index in [1.807, 2.05) is 0 Å². The van der Waals surface area contributed by atoms with Crippen LogP contribution in [0.1, 0.15) is 12.8 Å². The fourth-order valence-electron chi connectivity index (χ4n) is 1.81. The van der Waals surface area contributed by atoms with Crippen molar-refractivity contribution in [2.75, 3.05) is 25.1 Å². The molecule has 0 aromatic carbocycles. The van der Waals surface area contributed by atoms with Crippen LogP contribution in [-0.4, -0.2) is 40.7 Å². The maximum absolute atomic E-state index is 9.53. The summed E-state index contributed by atoms with van der Waals surface area (Å²) in [7, 11) is 0. The van der Waals surface area contributed by atoms with Gasteiger partial charge in [0.15, 0.2) is 10.3 Å². The monoisotopic (exact) mass is 277 g/mol. The highest BCUT2D eigenvalue weighted by Gasteiger charge is 2.32. The van der Waals surface area contributed by atoms with Crippen molar-refractivity contribution in [3.8, 4) is 0 Å². The van der Waals surface area contributed by atoms with E-state index in [1.165, 1.54) is 0 Å². The van der Waals surface area contributed by atoms with Gasteiger partial charge in [-0.2, -0.15) is 0 Å². The summed E-state index contributed by atoms with van der Waals surface area (Å²) in [6.07, 6.45) is 1.42. The molecule has 0 radical (unpaired) electrons. The lowest BCUT2D eigenvalue weighted by atomic mass is 9.91. The van der Waals surface area contributed by atoms with Crippen LogP contribution < -0.4 is 5.32 Å². The summed E-state index contributed by atoms with van der Waals surface area (Å²) in [6, 6.07) is 1.60. The number of aliphatic hydroxyl groups is 1. The molecule has 2 N–H and O–H groups in total. The number of hydrogen-bond acceptors (Lipinski definition) is 5. The topological polar surface area (TPSA) is 67.3 Å². The summed E-state index contributed by atoms with van der Waals surface area (Å²) in [5.41, 5.74) is 0.163. The molecule has 2 rings (SSSR count). The first-order valence-corrected chi connectivity index (χ1v) is 6.06.